The average Bonchev–Trinajstić information content (AvgIpc) is 2.79. The number of rotatable bonds is 6. The van der Waals surface area contributed by atoms with Crippen LogP contribution in [-0.4, -0.2) is 47.8 Å². The molecule has 0 spiro atoms. The van der Waals surface area contributed by atoms with E-state index < -0.39 is 35.6 Å². The Morgan fingerprint density at radius 3 is 2.12 bits per heavy atom. The first kappa shape index (κ1) is 22.9. The molecule has 168 valence electrons. The van der Waals surface area contributed by atoms with Crippen LogP contribution in [0.4, 0.5) is 10.1 Å². The fourth-order valence-electron chi connectivity index (χ4n) is 3.38. The first-order chi connectivity index (χ1) is 15.2. The average molecular weight is 441 g/mol. The van der Waals surface area contributed by atoms with Crippen LogP contribution in [0.2, 0.25) is 0 Å². The summed E-state index contributed by atoms with van der Waals surface area (Å²) in [6, 6.07) is 11.3. The Balaban J connectivity index is 1.47. The zero-order valence-electron chi connectivity index (χ0n) is 17.5. The first-order valence-corrected chi connectivity index (χ1v) is 10.2. The van der Waals surface area contributed by atoms with Gasteiger partial charge in [-0.25, -0.2) is 4.39 Å². The first-order valence-electron chi connectivity index (χ1n) is 10.2. The number of halogens is 1. The van der Waals surface area contributed by atoms with E-state index in [-0.39, 0.29) is 5.91 Å². The van der Waals surface area contributed by atoms with Gasteiger partial charge in [-0.05, 0) is 68.3 Å². The van der Waals surface area contributed by atoms with Gasteiger partial charge >= 0.3 is 5.97 Å². The van der Waals surface area contributed by atoms with Gasteiger partial charge in [0.05, 0.1) is 5.92 Å². The molecule has 9 heteroatoms. The second-order valence-electron chi connectivity index (χ2n) is 7.58. The van der Waals surface area contributed by atoms with Crippen molar-refractivity contribution in [1.82, 2.24) is 4.90 Å². The molecule has 3 N–H and O–H groups in total. The van der Waals surface area contributed by atoms with Gasteiger partial charge in [0.2, 0.25) is 5.91 Å². The number of nitrogens with one attached hydrogen (secondary N) is 1. The number of primary amides is 1. The van der Waals surface area contributed by atoms with Gasteiger partial charge in [-0.3, -0.25) is 19.2 Å². The number of esters is 1. The second kappa shape index (κ2) is 10.0. The van der Waals surface area contributed by atoms with Crippen LogP contribution in [0.3, 0.4) is 0 Å². The van der Waals surface area contributed by atoms with Gasteiger partial charge in [-0.15, -0.1) is 0 Å². The highest BCUT2D eigenvalue weighted by atomic mass is 19.1. The van der Waals surface area contributed by atoms with Crippen LogP contribution < -0.4 is 11.1 Å². The Labute approximate surface area is 184 Å². The van der Waals surface area contributed by atoms with E-state index in [2.05, 4.69) is 5.32 Å². The summed E-state index contributed by atoms with van der Waals surface area (Å²) in [6.45, 7) is 2.20. The maximum atomic E-state index is 13.0. The maximum Gasteiger partial charge on any atom is 0.309 e. The van der Waals surface area contributed by atoms with Crippen molar-refractivity contribution in [1.29, 1.82) is 0 Å². The normalized spacial score (nSPS) is 15.0. The highest BCUT2D eigenvalue weighted by molar-refractivity contribution is 5.97. The summed E-state index contributed by atoms with van der Waals surface area (Å²) < 4.78 is 18.3. The van der Waals surface area contributed by atoms with E-state index in [1.807, 2.05) is 0 Å². The summed E-state index contributed by atoms with van der Waals surface area (Å²) >= 11 is 0. The van der Waals surface area contributed by atoms with E-state index in [4.69, 9.17) is 10.5 Å². The lowest BCUT2D eigenvalue weighted by atomic mass is 9.96. The molecule has 0 saturated carbocycles. The van der Waals surface area contributed by atoms with Gasteiger partial charge in [0.25, 0.3) is 11.8 Å². The lowest BCUT2D eigenvalue weighted by Gasteiger charge is -2.31. The van der Waals surface area contributed by atoms with E-state index in [9.17, 15) is 23.6 Å². The highest BCUT2D eigenvalue weighted by Crippen LogP contribution is 2.21. The molecule has 1 aliphatic rings. The van der Waals surface area contributed by atoms with Gasteiger partial charge in [0.15, 0.2) is 6.10 Å². The number of hydrogen-bond acceptors (Lipinski definition) is 5. The van der Waals surface area contributed by atoms with Gasteiger partial charge < -0.3 is 20.7 Å². The van der Waals surface area contributed by atoms with Gasteiger partial charge in [0, 0.05) is 29.9 Å². The number of carbonyl (C=O) groups is 4. The number of piperidine rings is 1. The number of hydrogen-bond donors (Lipinski definition) is 2. The van der Waals surface area contributed by atoms with Gasteiger partial charge in [-0.2, -0.15) is 0 Å². The van der Waals surface area contributed by atoms with Crippen molar-refractivity contribution in [2.24, 2.45) is 11.7 Å². The topological polar surface area (TPSA) is 119 Å². The predicted octanol–water partition coefficient (Wildman–Crippen LogP) is 2.35. The molecule has 2 aromatic rings. The fourth-order valence-corrected chi connectivity index (χ4v) is 3.38. The third-order valence-corrected chi connectivity index (χ3v) is 5.31. The molecular weight excluding hydrogens is 417 g/mol. The zero-order valence-corrected chi connectivity index (χ0v) is 17.5. The van der Waals surface area contributed by atoms with Crippen molar-refractivity contribution >= 4 is 29.4 Å². The third kappa shape index (κ3) is 5.69. The lowest BCUT2D eigenvalue weighted by Crippen LogP contribution is -2.41. The molecular formula is C23H24FN3O5. The van der Waals surface area contributed by atoms with Crippen molar-refractivity contribution in [3.63, 3.8) is 0 Å². The van der Waals surface area contributed by atoms with E-state index in [0.29, 0.717) is 42.7 Å². The SMILES string of the molecule is C[C@H](OC(=O)C1CCN(C(=O)c2ccc(F)cc2)CC1)C(=O)Nc1ccc(C(N)=O)cc1. The molecule has 0 bridgehead atoms. The molecule has 3 amide bonds. The number of amides is 3. The number of anilines is 1. The number of nitrogens with two attached hydrogens (primary N) is 1. The quantitative estimate of drug-likeness (QED) is 0.667. The number of carbonyl (C=O) groups excluding carboxylic acids is 4. The largest absolute Gasteiger partial charge is 0.452 e. The highest BCUT2D eigenvalue weighted by Gasteiger charge is 2.30. The Morgan fingerprint density at radius 1 is 1.00 bits per heavy atom. The molecule has 8 nitrogen and oxygen atoms in total. The van der Waals surface area contributed by atoms with Crippen molar-refractivity contribution in [3.8, 4) is 0 Å². The summed E-state index contributed by atoms with van der Waals surface area (Å²) in [6.07, 6.45) is -0.194. The lowest BCUT2D eigenvalue weighted by molar-refractivity contribution is -0.158. The molecule has 0 aromatic heterocycles. The van der Waals surface area contributed by atoms with E-state index >= 15 is 0 Å². The number of nitrogens with zero attached hydrogens (tertiary/aromatic N) is 1. The smallest absolute Gasteiger partial charge is 0.309 e. The standard InChI is InChI=1S/C23H24FN3O5/c1-14(21(29)26-19-8-4-15(5-9-19)20(25)28)32-23(31)17-10-12-27(13-11-17)22(30)16-2-6-18(24)7-3-16/h2-9,14,17H,10-13H2,1H3,(H2,25,28)(H,26,29)/t14-/m0/s1. The molecule has 1 fully saturated rings. The molecule has 0 aliphatic carbocycles. The van der Waals surface area contributed by atoms with E-state index in [1.165, 1.54) is 55.5 Å². The zero-order chi connectivity index (χ0) is 23.3. The van der Waals surface area contributed by atoms with Crippen LogP contribution in [0.15, 0.2) is 48.5 Å². The number of ether oxygens (including phenoxy) is 1. The van der Waals surface area contributed by atoms with Crippen LogP contribution >= 0.6 is 0 Å². The van der Waals surface area contributed by atoms with Crippen molar-refractivity contribution in [2.45, 2.75) is 25.9 Å². The van der Waals surface area contributed by atoms with Crippen LogP contribution in [-0.2, 0) is 14.3 Å². The van der Waals surface area contributed by atoms with E-state index in [1.54, 1.807) is 4.90 Å². The van der Waals surface area contributed by atoms with Crippen LogP contribution in [0.1, 0.15) is 40.5 Å². The molecule has 0 radical (unpaired) electrons. The maximum absolute atomic E-state index is 13.0. The Kier molecular flexibility index (Phi) is 7.19. The summed E-state index contributed by atoms with van der Waals surface area (Å²) in [7, 11) is 0. The molecule has 0 unspecified atom stereocenters. The third-order valence-electron chi connectivity index (χ3n) is 5.31. The van der Waals surface area contributed by atoms with Crippen LogP contribution in [0.25, 0.3) is 0 Å². The van der Waals surface area contributed by atoms with E-state index in [0.717, 1.165) is 0 Å². The van der Waals surface area contributed by atoms with Crippen LogP contribution in [0.5, 0.6) is 0 Å². The Bertz CT molecular complexity index is 999. The minimum absolute atomic E-state index is 0.216. The molecule has 1 heterocycles. The molecule has 2 aromatic carbocycles. The van der Waals surface area contributed by atoms with Gasteiger partial charge in [-0.1, -0.05) is 0 Å². The minimum atomic E-state index is -1.02. The summed E-state index contributed by atoms with van der Waals surface area (Å²) in [4.78, 5) is 50.0. The van der Waals surface area contributed by atoms with Crippen molar-refractivity contribution in [3.05, 3.63) is 65.5 Å². The minimum Gasteiger partial charge on any atom is -0.452 e. The monoisotopic (exact) mass is 441 g/mol. The van der Waals surface area contributed by atoms with Crippen LogP contribution in [0, 0.1) is 11.7 Å². The summed E-state index contributed by atoms with van der Waals surface area (Å²) in [5.41, 5.74) is 6.32. The van der Waals surface area contributed by atoms with Crippen molar-refractivity contribution < 1.29 is 28.3 Å². The Hall–Kier alpha value is -3.75. The summed E-state index contributed by atoms with van der Waals surface area (Å²) in [5.74, 6) is -2.62. The van der Waals surface area contributed by atoms with Gasteiger partial charge in [0.1, 0.15) is 5.82 Å². The molecule has 1 aliphatic heterocycles. The number of likely N-dealkylation sites (tertiary alicyclic amines) is 1. The molecule has 32 heavy (non-hydrogen) atoms. The van der Waals surface area contributed by atoms with Crippen molar-refractivity contribution in [2.75, 3.05) is 18.4 Å². The molecule has 3 rings (SSSR count). The summed E-state index contributed by atoms with van der Waals surface area (Å²) in [5, 5.41) is 2.61. The fraction of sp³-hybridized carbons (Fsp3) is 0.304. The predicted molar refractivity (Wildman–Crippen MR) is 114 cm³/mol. The number of benzene rings is 2. The molecule has 1 atom stereocenters. The second-order valence-corrected chi connectivity index (χ2v) is 7.58. The molecule has 1 saturated heterocycles. The Morgan fingerprint density at radius 2 is 1.56 bits per heavy atom.